The van der Waals surface area contributed by atoms with Crippen LogP contribution in [0.25, 0.3) is 0 Å². The van der Waals surface area contributed by atoms with Crippen LogP contribution < -0.4 is 5.32 Å². The van der Waals surface area contributed by atoms with Crippen LogP contribution in [0, 0.1) is 11.7 Å². The van der Waals surface area contributed by atoms with E-state index in [1.54, 1.807) is 18.2 Å². The van der Waals surface area contributed by atoms with Crippen molar-refractivity contribution in [3.8, 4) is 0 Å². The molecular weight excluding hydrogens is 305 g/mol. The second kappa shape index (κ2) is 7.14. The molecule has 126 valence electrons. The van der Waals surface area contributed by atoms with Crippen LogP contribution in [0.1, 0.15) is 36.1 Å². The number of aliphatic hydroxyl groups excluding tert-OH is 1. The lowest BCUT2D eigenvalue weighted by Gasteiger charge is -2.20. The average Bonchev–Trinajstić information content (AvgIpc) is 2.89. The van der Waals surface area contributed by atoms with Crippen LogP contribution in [0.2, 0.25) is 0 Å². The largest absolute Gasteiger partial charge is 0.390 e. The van der Waals surface area contributed by atoms with Crippen molar-refractivity contribution >= 4 is 5.91 Å². The van der Waals surface area contributed by atoms with Crippen molar-refractivity contribution in [1.29, 1.82) is 0 Å². The van der Waals surface area contributed by atoms with E-state index in [1.165, 1.54) is 6.07 Å². The first-order valence-electron chi connectivity index (χ1n) is 8.36. The molecule has 0 saturated heterocycles. The van der Waals surface area contributed by atoms with Gasteiger partial charge in [-0.15, -0.1) is 0 Å². The van der Waals surface area contributed by atoms with Gasteiger partial charge in [0.05, 0.1) is 12.1 Å². The molecule has 0 aromatic heterocycles. The van der Waals surface area contributed by atoms with E-state index in [1.807, 2.05) is 31.2 Å². The van der Waals surface area contributed by atoms with E-state index in [9.17, 15) is 14.3 Å². The minimum atomic E-state index is -0.592. The first-order valence-corrected chi connectivity index (χ1v) is 8.36. The number of carbonyl (C=O) groups excluding carboxylic acids is 1. The van der Waals surface area contributed by atoms with Crippen LogP contribution >= 0.6 is 0 Å². The van der Waals surface area contributed by atoms with Gasteiger partial charge in [-0.3, -0.25) is 4.79 Å². The van der Waals surface area contributed by atoms with Crippen LogP contribution in [0.4, 0.5) is 4.39 Å². The lowest BCUT2D eigenvalue weighted by Crippen LogP contribution is -2.37. The van der Waals surface area contributed by atoms with Crippen molar-refractivity contribution in [2.45, 2.75) is 38.3 Å². The van der Waals surface area contributed by atoms with Crippen LogP contribution in [0.5, 0.6) is 0 Å². The van der Waals surface area contributed by atoms with Crippen LogP contribution in [-0.4, -0.2) is 17.1 Å². The molecule has 3 rings (SSSR count). The molecule has 3 unspecified atom stereocenters. The van der Waals surface area contributed by atoms with Crippen molar-refractivity contribution in [3.05, 3.63) is 71.0 Å². The summed E-state index contributed by atoms with van der Waals surface area (Å²) in [5.41, 5.74) is 2.69. The molecule has 3 nitrogen and oxygen atoms in total. The van der Waals surface area contributed by atoms with E-state index in [-0.39, 0.29) is 23.7 Å². The molecule has 1 aliphatic carbocycles. The van der Waals surface area contributed by atoms with Gasteiger partial charge in [-0.1, -0.05) is 49.4 Å². The lowest BCUT2D eigenvalue weighted by molar-refractivity contribution is -0.126. The highest BCUT2D eigenvalue weighted by Crippen LogP contribution is 2.31. The number of rotatable bonds is 5. The number of benzene rings is 2. The Morgan fingerprint density at radius 2 is 1.96 bits per heavy atom. The molecule has 0 heterocycles. The number of halogens is 1. The van der Waals surface area contributed by atoms with Gasteiger partial charge in [0.15, 0.2) is 0 Å². The van der Waals surface area contributed by atoms with Gasteiger partial charge in [0.25, 0.3) is 0 Å². The fourth-order valence-electron chi connectivity index (χ4n) is 3.25. The van der Waals surface area contributed by atoms with Crippen molar-refractivity contribution in [2.75, 3.05) is 0 Å². The Hall–Kier alpha value is -2.20. The molecule has 0 saturated carbocycles. The summed E-state index contributed by atoms with van der Waals surface area (Å²) in [6.45, 7) is 1.84. The number of nitrogens with one attached hydrogen (secondary N) is 1. The summed E-state index contributed by atoms with van der Waals surface area (Å²) in [6, 6.07) is 14.1. The molecule has 1 aliphatic rings. The highest BCUT2D eigenvalue weighted by molar-refractivity contribution is 5.79. The summed E-state index contributed by atoms with van der Waals surface area (Å²) in [6.07, 6.45) is 1.05. The zero-order chi connectivity index (χ0) is 17.1. The van der Waals surface area contributed by atoms with Gasteiger partial charge in [0.1, 0.15) is 5.82 Å². The topological polar surface area (TPSA) is 49.3 Å². The Bertz CT molecular complexity index is 731. The van der Waals surface area contributed by atoms with Crippen molar-refractivity contribution in [3.63, 3.8) is 0 Å². The molecule has 2 aromatic rings. The van der Waals surface area contributed by atoms with Crippen molar-refractivity contribution in [1.82, 2.24) is 5.32 Å². The SMILES string of the molecule is CC(CCc1ccccc1F)C(=O)NC1c2ccccc2CC1O. The van der Waals surface area contributed by atoms with Crippen LogP contribution in [0.15, 0.2) is 48.5 Å². The third-order valence-electron chi connectivity index (χ3n) is 4.75. The Kier molecular flexibility index (Phi) is 4.95. The highest BCUT2D eigenvalue weighted by atomic mass is 19.1. The Balaban J connectivity index is 1.60. The summed E-state index contributed by atoms with van der Waals surface area (Å²) < 4.78 is 13.7. The molecule has 4 heteroatoms. The van der Waals surface area contributed by atoms with Crippen LogP contribution in [-0.2, 0) is 17.6 Å². The first kappa shape index (κ1) is 16.7. The molecule has 24 heavy (non-hydrogen) atoms. The highest BCUT2D eigenvalue weighted by Gasteiger charge is 2.32. The average molecular weight is 327 g/mol. The summed E-state index contributed by atoms with van der Waals surface area (Å²) in [5.74, 6) is -0.582. The number of aryl methyl sites for hydroxylation is 1. The molecule has 2 N–H and O–H groups in total. The van der Waals surface area contributed by atoms with Crippen molar-refractivity contribution in [2.24, 2.45) is 5.92 Å². The van der Waals surface area contributed by atoms with E-state index < -0.39 is 6.10 Å². The Morgan fingerprint density at radius 1 is 1.25 bits per heavy atom. The van der Waals surface area contributed by atoms with Gasteiger partial charge < -0.3 is 10.4 Å². The number of fused-ring (bicyclic) bond motifs is 1. The molecule has 0 fully saturated rings. The van der Waals surface area contributed by atoms with Gasteiger partial charge in [-0.05, 0) is 35.6 Å². The van der Waals surface area contributed by atoms with Crippen LogP contribution in [0.3, 0.4) is 0 Å². The smallest absolute Gasteiger partial charge is 0.223 e. The quantitative estimate of drug-likeness (QED) is 0.886. The molecule has 0 spiro atoms. The predicted octanol–water partition coefficient (Wildman–Crippen LogP) is 3.17. The maximum atomic E-state index is 13.7. The number of amides is 1. The summed E-state index contributed by atoms with van der Waals surface area (Å²) in [7, 11) is 0. The maximum Gasteiger partial charge on any atom is 0.223 e. The van der Waals surface area contributed by atoms with E-state index in [2.05, 4.69) is 5.32 Å². The second-order valence-corrected chi connectivity index (χ2v) is 6.49. The molecule has 0 aliphatic heterocycles. The molecular formula is C20H22FNO2. The zero-order valence-electron chi connectivity index (χ0n) is 13.7. The molecule has 3 atom stereocenters. The van der Waals surface area contributed by atoms with E-state index in [4.69, 9.17) is 0 Å². The normalized spacial score (nSPS) is 20.5. The molecule has 2 aromatic carbocycles. The Morgan fingerprint density at radius 3 is 2.75 bits per heavy atom. The number of hydrogen-bond donors (Lipinski definition) is 2. The minimum Gasteiger partial charge on any atom is -0.390 e. The van der Waals surface area contributed by atoms with Crippen molar-refractivity contribution < 1.29 is 14.3 Å². The molecule has 0 radical (unpaired) electrons. The fraction of sp³-hybridized carbons (Fsp3) is 0.350. The third kappa shape index (κ3) is 3.49. The molecule has 0 bridgehead atoms. The van der Waals surface area contributed by atoms with E-state index in [0.717, 1.165) is 11.1 Å². The van der Waals surface area contributed by atoms with Gasteiger partial charge >= 0.3 is 0 Å². The van der Waals surface area contributed by atoms with Gasteiger partial charge in [-0.25, -0.2) is 4.39 Å². The number of hydrogen-bond acceptors (Lipinski definition) is 2. The lowest BCUT2D eigenvalue weighted by atomic mass is 9.99. The maximum absolute atomic E-state index is 13.7. The monoisotopic (exact) mass is 327 g/mol. The number of aliphatic hydroxyl groups is 1. The van der Waals surface area contributed by atoms with Gasteiger partial charge in [0, 0.05) is 12.3 Å². The fourth-order valence-corrected chi connectivity index (χ4v) is 3.25. The molecule has 1 amide bonds. The van der Waals surface area contributed by atoms with Gasteiger partial charge in [0.2, 0.25) is 5.91 Å². The van der Waals surface area contributed by atoms with E-state index in [0.29, 0.717) is 24.8 Å². The summed E-state index contributed by atoms with van der Waals surface area (Å²) in [4.78, 5) is 12.4. The predicted molar refractivity (Wildman–Crippen MR) is 90.9 cm³/mol. The minimum absolute atomic E-state index is 0.105. The summed E-state index contributed by atoms with van der Waals surface area (Å²) >= 11 is 0. The van der Waals surface area contributed by atoms with Gasteiger partial charge in [-0.2, -0.15) is 0 Å². The van der Waals surface area contributed by atoms with E-state index >= 15 is 0 Å². The Labute approximate surface area is 141 Å². The third-order valence-corrected chi connectivity index (χ3v) is 4.75. The zero-order valence-corrected chi connectivity index (χ0v) is 13.7. The standard InChI is InChI=1S/C20H22FNO2/c1-13(10-11-14-6-3-5-9-17(14)21)20(24)22-19-16-8-4-2-7-15(16)12-18(19)23/h2-9,13,18-19,23H,10-12H2,1H3,(H,22,24). The number of carbonyl (C=O) groups is 1. The second-order valence-electron chi connectivity index (χ2n) is 6.49. The summed E-state index contributed by atoms with van der Waals surface area (Å²) in [5, 5.41) is 13.2. The first-order chi connectivity index (χ1) is 11.6.